The molecular weight excluding hydrogens is 101 g/mol. The largest absolute Gasteiger partial charge is 0.223 e. The summed E-state index contributed by atoms with van der Waals surface area (Å²) in [5.74, 6) is 0. The van der Waals surface area contributed by atoms with Gasteiger partial charge in [0.1, 0.15) is 0 Å². The molecule has 31 valence electrons. The quantitative estimate of drug-likeness (QED) is 0.423. The minimum Gasteiger partial charge on any atom is -0.223 e. The van der Waals surface area contributed by atoms with E-state index in [0.29, 0.717) is 0 Å². The third kappa shape index (κ3) is 84.4. The van der Waals surface area contributed by atoms with Crippen LogP contribution in [0.5, 0.6) is 0 Å². The third-order valence-electron chi connectivity index (χ3n) is 0. The van der Waals surface area contributed by atoms with E-state index in [2.05, 4.69) is 11.8 Å². The molecule has 0 aromatic carbocycles. The fourth-order valence-electron chi connectivity index (χ4n) is 0. The smallest absolute Gasteiger partial charge is 0.0201 e. The molecule has 0 fully saturated rings. The van der Waals surface area contributed by atoms with Crippen molar-refractivity contribution >= 4 is 18.0 Å². The maximum Gasteiger partial charge on any atom is 0.0201 e. The van der Waals surface area contributed by atoms with E-state index in [4.69, 9.17) is 5.50 Å². The Morgan fingerprint density at radius 2 is 1.60 bits per heavy atom. The van der Waals surface area contributed by atoms with Crippen LogP contribution >= 0.6 is 6.19 Å². The van der Waals surface area contributed by atoms with Gasteiger partial charge in [-0.3, -0.25) is 0 Å². The van der Waals surface area contributed by atoms with Gasteiger partial charge in [-0.25, -0.2) is 5.50 Å². The van der Waals surface area contributed by atoms with Crippen molar-refractivity contribution in [2.24, 2.45) is 0 Å². The summed E-state index contributed by atoms with van der Waals surface area (Å²) in [6, 6.07) is 0. The molecule has 0 aromatic heterocycles. The molecule has 1 N–H and O–H groups in total. The summed E-state index contributed by atoms with van der Waals surface area (Å²) >= 11 is 4.60. The molecule has 1 radical (unpaired) electrons. The Hall–Kier alpha value is 0.610. The minimum absolute atomic E-state index is 1.56. The van der Waals surface area contributed by atoms with Crippen LogP contribution in [-0.2, 0) is 11.8 Å². The molecule has 3 heteroatoms. The van der Waals surface area contributed by atoms with Crippen LogP contribution in [0.25, 0.3) is 0 Å². The Kier molecular flexibility index (Phi) is 1.54. The molecule has 0 aliphatic heterocycles. The van der Waals surface area contributed by atoms with E-state index in [9.17, 15) is 0 Å². The van der Waals surface area contributed by atoms with Gasteiger partial charge in [-0.1, -0.05) is 11.8 Å². The third-order valence-corrected chi connectivity index (χ3v) is 0. The van der Waals surface area contributed by atoms with E-state index in [-0.39, 0.29) is 0 Å². The zero-order valence-corrected chi connectivity index (χ0v) is 5.07. The Balaban J connectivity index is 3.47. The summed E-state index contributed by atoms with van der Waals surface area (Å²) in [5, 5.41) is 0. The molecule has 0 aliphatic rings. The second-order valence-electron chi connectivity index (χ2n) is 1.35. The van der Waals surface area contributed by atoms with Gasteiger partial charge in [-0.05, 0) is 13.3 Å². The molecule has 0 saturated carbocycles. The van der Waals surface area contributed by atoms with E-state index < -0.39 is 6.19 Å². The number of hydrogen-bond donors (Lipinski definition) is 0. The maximum absolute atomic E-state index is 6.86. The van der Waals surface area contributed by atoms with Crippen LogP contribution in [-0.4, -0.2) is 13.3 Å². The fourth-order valence-corrected chi connectivity index (χ4v) is 0. The van der Waals surface area contributed by atoms with Gasteiger partial charge in [-0.15, -0.1) is 0 Å². The summed E-state index contributed by atoms with van der Waals surface area (Å²) in [6.45, 7) is 3.56. The lowest BCUT2D eigenvalue weighted by atomic mass is 11.9. The Bertz CT molecular complexity index is 55.8. The lowest BCUT2D eigenvalue weighted by Crippen LogP contribution is -1.66. The molecule has 5 heavy (non-hydrogen) atoms. The first-order valence-electron chi connectivity index (χ1n) is 1.30. The van der Waals surface area contributed by atoms with Crippen LogP contribution in [0.2, 0.25) is 0 Å². The highest BCUT2D eigenvalue weighted by Gasteiger charge is 1.84. The summed E-state index contributed by atoms with van der Waals surface area (Å²) in [4.78, 5) is 0. The first-order valence-corrected chi connectivity index (χ1v) is 5.00. The number of hydrogen-bond acceptors (Lipinski definition) is 1. The van der Waals surface area contributed by atoms with E-state index >= 15 is 0 Å². The van der Waals surface area contributed by atoms with E-state index in [1.807, 2.05) is 0 Å². The van der Waals surface area contributed by atoms with Gasteiger partial charge in [0.15, 0.2) is 0 Å². The monoisotopic (exact) mass is 108 g/mol. The minimum atomic E-state index is -1.56. The van der Waals surface area contributed by atoms with Gasteiger partial charge in [0.05, 0.1) is 0 Å². The number of rotatable bonds is 0. The van der Waals surface area contributed by atoms with Crippen molar-refractivity contribution in [3.8, 4) is 0 Å². The van der Waals surface area contributed by atoms with Crippen LogP contribution in [0.3, 0.4) is 0 Å². The predicted octanol–water partition coefficient (Wildman–Crippen LogP) is 0.923. The second-order valence-corrected chi connectivity index (χ2v) is 6.79. The predicted molar refractivity (Wildman–Crippen MR) is 29.2 cm³/mol. The van der Waals surface area contributed by atoms with Gasteiger partial charge < -0.3 is 0 Å². The zero-order chi connectivity index (χ0) is 4.50. The van der Waals surface area contributed by atoms with Crippen molar-refractivity contribution in [1.29, 1.82) is 0 Å². The van der Waals surface area contributed by atoms with Crippen LogP contribution in [0.15, 0.2) is 0 Å². The van der Waals surface area contributed by atoms with Gasteiger partial charge in [0, 0.05) is 6.19 Å². The van der Waals surface area contributed by atoms with E-state index in [0.717, 1.165) is 0 Å². The summed E-state index contributed by atoms with van der Waals surface area (Å²) in [6.07, 6.45) is -1.56. The molecular formula is C2H7NPS. The second kappa shape index (κ2) is 1.38. The fraction of sp³-hybridized carbons (Fsp3) is 1.00. The zero-order valence-electron chi connectivity index (χ0n) is 3.36. The molecule has 0 spiro atoms. The Morgan fingerprint density at radius 3 is 1.60 bits per heavy atom. The lowest BCUT2D eigenvalue weighted by Gasteiger charge is -1.91. The van der Waals surface area contributed by atoms with Crippen molar-refractivity contribution in [3.05, 3.63) is 0 Å². The van der Waals surface area contributed by atoms with Gasteiger partial charge in [-0.2, -0.15) is 0 Å². The van der Waals surface area contributed by atoms with Crippen molar-refractivity contribution in [2.45, 2.75) is 0 Å². The lowest BCUT2D eigenvalue weighted by molar-refractivity contribution is 1.80. The standard InChI is InChI=1S/C2H7NPS/c1-4(2,3)5/h3H,1-2H3. The average Bonchev–Trinajstić information content (AvgIpc) is 0.722. The van der Waals surface area contributed by atoms with Crippen LogP contribution < -0.4 is 5.50 Å². The van der Waals surface area contributed by atoms with Gasteiger partial charge in [0.2, 0.25) is 0 Å². The highest BCUT2D eigenvalue weighted by atomic mass is 32.4. The summed E-state index contributed by atoms with van der Waals surface area (Å²) in [7, 11) is 0. The summed E-state index contributed by atoms with van der Waals surface area (Å²) < 4.78 is 0. The van der Waals surface area contributed by atoms with Crippen molar-refractivity contribution in [1.82, 2.24) is 5.50 Å². The Labute approximate surface area is 37.6 Å². The Morgan fingerprint density at radius 1 is 1.60 bits per heavy atom. The van der Waals surface area contributed by atoms with E-state index in [1.165, 1.54) is 0 Å². The molecule has 0 aliphatic carbocycles. The molecule has 0 atom stereocenters. The number of nitrogens with one attached hydrogen (secondary N) is 1. The SMILES string of the molecule is CP(C)([NH])=S. The van der Waals surface area contributed by atoms with Crippen LogP contribution in [0, 0.1) is 0 Å². The van der Waals surface area contributed by atoms with Gasteiger partial charge in [0.25, 0.3) is 0 Å². The summed E-state index contributed by atoms with van der Waals surface area (Å²) in [5.41, 5.74) is 6.86. The highest BCUT2D eigenvalue weighted by molar-refractivity contribution is 8.12. The molecule has 0 saturated heterocycles. The molecule has 1 nitrogen and oxygen atoms in total. The first kappa shape index (κ1) is 5.61. The highest BCUT2D eigenvalue weighted by Crippen LogP contribution is 2.26. The average molecular weight is 108 g/mol. The topological polar surface area (TPSA) is 23.8 Å². The molecule has 0 unspecified atom stereocenters. The molecule has 0 aromatic rings. The van der Waals surface area contributed by atoms with Crippen molar-refractivity contribution in [3.63, 3.8) is 0 Å². The van der Waals surface area contributed by atoms with E-state index in [1.54, 1.807) is 13.3 Å². The molecule has 0 rings (SSSR count). The van der Waals surface area contributed by atoms with Gasteiger partial charge >= 0.3 is 0 Å². The molecule has 0 bridgehead atoms. The first-order chi connectivity index (χ1) is 2.00. The van der Waals surface area contributed by atoms with Crippen molar-refractivity contribution < 1.29 is 0 Å². The molecule has 0 amide bonds. The molecule has 0 heterocycles. The maximum atomic E-state index is 6.86. The van der Waals surface area contributed by atoms with Crippen LogP contribution in [0.1, 0.15) is 0 Å². The van der Waals surface area contributed by atoms with Crippen LogP contribution in [0.4, 0.5) is 0 Å². The van der Waals surface area contributed by atoms with Crippen molar-refractivity contribution in [2.75, 3.05) is 13.3 Å². The normalized spacial score (nSPS) is 11.8.